The second-order valence-corrected chi connectivity index (χ2v) is 13.3. The fourth-order valence-electron chi connectivity index (χ4n) is 6.97. The maximum atomic E-state index is 7.25. The van der Waals surface area contributed by atoms with Crippen LogP contribution in [0.3, 0.4) is 0 Å². The summed E-state index contributed by atoms with van der Waals surface area (Å²) in [6.45, 7) is 16.0. The number of nitrogens with zero attached hydrogens (tertiary/aromatic N) is 2. The predicted octanol–water partition coefficient (Wildman–Crippen LogP) is 10.1. The SMILES string of the molecule is CCCN1C=C(/C=C/C2CCC/C(=C\C=C3/N(CCC)c4ccccc4C3(C)C)C2Cl)C(C)(C)c2ccccc21. The van der Waals surface area contributed by atoms with Gasteiger partial charge in [0.1, 0.15) is 0 Å². The minimum Gasteiger partial charge on any atom is -0.347 e. The maximum absolute atomic E-state index is 7.25. The number of halogens is 1. The molecule has 1 aliphatic carbocycles. The van der Waals surface area contributed by atoms with E-state index in [1.807, 2.05) is 0 Å². The molecule has 0 saturated heterocycles. The Kier molecular flexibility index (Phi) is 8.39. The molecule has 5 rings (SSSR count). The van der Waals surface area contributed by atoms with Crippen molar-refractivity contribution in [2.45, 2.75) is 89.9 Å². The number of alkyl halides is 1. The van der Waals surface area contributed by atoms with Crippen molar-refractivity contribution >= 4 is 23.0 Å². The molecule has 2 aromatic rings. The van der Waals surface area contributed by atoms with Gasteiger partial charge in [-0.15, -0.1) is 11.6 Å². The summed E-state index contributed by atoms with van der Waals surface area (Å²) in [6, 6.07) is 17.8. The molecule has 2 atom stereocenters. The first kappa shape index (κ1) is 28.8. The van der Waals surface area contributed by atoms with Gasteiger partial charge < -0.3 is 9.80 Å². The van der Waals surface area contributed by atoms with E-state index in [-0.39, 0.29) is 16.2 Å². The molecule has 0 radical (unpaired) electrons. The molecule has 0 N–H and O–H groups in total. The summed E-state index contributed by atoms with van der Waals surface area (Å²) < 4.78 is 0. The van der Waals surface area contributed by atoms with Crippen LogP contribution in [0.25, 0.3) is 0 Å². The van der Waals surface area contributed by atoms with Gasteiger partial charge in [0, 0.05) is 47.2 Å². The molecule has 2 unspecified atom stereocenters. The number of rotatable bonds is 7. The Bertz CT molecular complexity index is 1340. The van der Waals surface area contributed by atoms with Crippen molar-refractivity contribution in [2.75, 3.05) is 22.9 Å². The van der Waals surface area contributed by atoms with Gasteiger partial charge in [0.25, 0.3) is 0 Å². The van der Waals surface area contributed by atoms with Crippen LogP contribution in [0.5, 0.6) is 0 Å². The van der Waals surface area contributed by atoms with Gasteiger partial charge in [0.2, 0.25) is 0 Å². The fourth-order valence-corrected chi connectivity index (χ4v) is 7.36. The van der Waals surface area contributed by atoms with E-state index in [4.69, 9.17) is 11.6 Å². The average Bonchev–Trinajstić information content (AvgIpc) is 3.15. The molecule has 0 aromatic heterocycles. The van der Waals surface area contributed by atoms with E-state index in [0.29, 0.717) is 5.92 Å². The first-order chi connectivity index (χ1) is 19.2. The van der Waals surface area contributed by atoms with Crippen molar-refractivity contribution in [3.63, 3.8) is 0 Å². The van der Waals surface area contributed by atoms with Gasteiger partial charge in [-0.2, -0.15) is 0 Å². The van der Waals surface area contributed by atoms with E-state index >= 15 is 0 Å². The molecule has 2 aliphatic heterocycles. The minimum atomic E-state index is -0.0390. The van der Waals surface area contributed by atoms with Crippen molar-refractivity contribution in [1.29, 1.82) is 0 Å². The zero-order valence-electron chi connectivity index (χ0n) is 25.4. The van der Waals surface area contributed by atoms with Gasteiger partial charge in [-0.25, -0.2) is 0 Å². The number of hydrogen-bond acceptors (Lipinski definition) is 2. The topological polar surface area (TPSA) is 6.48 Å². The molecule has 0 spiro atoms. The highest BCUT2D eigenvalue weighted by Crippen LogP contribution is 2.48. The molecular weight excluding hydrogens is 508 g/mol. The van der Waals surface area contributed by atoms with E-state index in [9.17, 15) is 0 Å². The van der Waals surface area contributed by atoms with E-state index < -0.39 is 0 Å². The highest BCUT2D eigenvalue weighted by molar-refractivity contribution is 6.22. The number of hydrogen-bond donors (Lipinski definition) is 0. The normalized spacial score (nSPS) is 25.4. The first-order valence-electron chi connectivity index (χ1n) is 15.4. The third-order valence-electron chi connectivity index (χ3n) is 9.33. The van der Waals surface area contributed by atoms with Crippen molar-refractivity contribution in [1.82, 2.24) is 0 Å². The smallest absolute Gasteiger partial charge is 0.0611 e. The molecule has 3 aliphatic rings. The van der Waals surface area contributed by atoms with Crippen LogP contribution in [-0.2, 0) is 10.8 Å². The molecule has 2 nitrogen and oxygen atoms in total. The molecule has 0 bridgehead atoms. The van der Waals surface area contributed by atoms with Crippen LogP contribution in [0.15, 0.2) is 95.9 Å². The fraction of sp³-hybridized carbons (Fsp3) is 0.459. The molecule has 0 amide bonds. The Morgan fingerprint density at radius 2 is 1.50 bits per heavy atom. The van der Waals surface area contributed by atoms with E-state index in [1.165, 1.54) is 45.8 Å². The van der Waals surface area contributed by atoms with Crippen molar-refractivity contribution in [2.24, 2.45) is 5.92 Å². The highest BCUT2D eigenvalue weighted by Gasteiger charge is 2.39. The van der Waals surface area contributed by atoms with Crippen LogP contribution in [0.4, 0.5) is 11.4 Å². The van der Waals surface area contributed by atoms with Gasteiger partial charge in [-0.05, 0) is 72.9 Å². The predicted molar refractivity (Wildman–Crippen MR) is 175 cm³/mol. The highest BCUT2D eigenvalue weighted by atomic mass is 35.5. The lowest BCUT2D eigenvalue weighted by Gasteiger charge is -2.39. The van der Waals surface area contributed by atoms with Crippen LogP contribution < -0.4 is 9.80 Å². The van der Waals surface area contributed by atoms with Gasteiger partial charge in [0.05, 0.1) is 5.38 Å². The molecule has 1 fully saturated rings. The van der Waals surface area contributed by atoms with Crippen LogP contribution >= 0.6 is 11.6 Å². The second kappa shape index (κ2) is 11.6. The molecule has 1 saturated carbocycles. The van der Waals surface area contributed by atoms with Crippen molar-refractivity contribution in [3.8, 4) is 0 Å². The summed E-state index contributed by atoms with van der Waals surface area (Å²) in [5.41, 5.74) is 9.58. The van der Waals surface area contributed by atoms with Crippen molar-refractivity contribution in [3.05, 3.63) is 107 Å². The monoisotopic (exact) mass is 554 g/mol. The Balaban J connectivity index is 1.40. The third kappa shape index (κ3) is 5.20. The quantitative estimate of drug-likeness (QED) is 0.314. The lowest BCUT2D eigenvalue weighted by molar-refractivity contribution is 0.500. The third-order valence-corrected chi connectivity index (χ3v) is 9.93. The Hall–Kier alpha value is -2.71. The summed E-state index contributed by atoms with van der Waals surface area (Å²) in [4.78, 5) is 4.95. The summed E-state index contributed by atoms with van der Waals surface area (Å²) >= 11 is 7.25. The van der Waals surface area contributed by atoms with Gasteiger partial charge in [0.15, 0.2) is 0 Å². The number of allylic oxidation sites excluding steroid dienone is 7. The summed E-state index contributed by atoms with van der Waals surface area (Å²) in [6.07, 6.45) is 17.5. The molecule has 3 heteroatoms. The Morgan fingerprint density at radius 1 is 0.850 bits per heavy atom. The lowest BCUT2D eigenvalue weighted by Crippen LogP contribution is -2.32. The second-order valence-electron chi connectivity index (χ2n) is 12.8. The number of anilines is 2. The van der Waals surface area contributed by atoms with Crippen LogP contribution in [0.1, 0.15) is 84.8 Å². The summed E-state index contributed by atoms with van der Waals surface area (Å²) in [5, 5.41) is 0.0275. The van der Waals surface area contributed by atoms with Crippen LogP contribution in [0.2, 0.25) is 0 Å². The van der Waals surface area contributed by atoms with Crippen LogP contribution in [-0.4, -0.2) is 18.5 Å². The summed E-state index contributed by atoms with van der Waals surface area (Å²) in [7, 11) is 0. The Labute approximate surface area is 248 Å². The average molecular weight is 555 g/mol. The van der Waals surface area contributed by atoms with E-state index in [1.54, 1.807) is 0 Å². The van der Waals surface area contributed by atoms with Gasteiger partial charge in [-0.3, -0.25) is 0 Å². The molecule has 212 valence electrons. The molecular formula is C37H47ClN2. The van der Waals surface area contributed by atoms with Gasteiger partial charge in [-0.1, -0.05) is 102 Å². The Morgan fingerprint density at radius 3 is 2.20 bits per heavy atom. The number of benzene rings is 2. The largest absolute Gasteiger partial charge is 0.347 e. The maximum Gasteiger partial charge on any atom is 0.0611 e. The molecule has 2 heterocycles. The number of para-hydroxylation sites is 2. The molecule has 2 aromatic carbocycles. The first-order valence-corrected chi connectivity index (χ1v) is 15.8. The van der Waals surface area contributed by atoms with Crippen LogP contribution in [0, 0.1) is 5.92 Å². The zero-order valence-corrected chi connectivity index (χ0v) is 26.1. The number of fused-ring (bicyclic) bond motifs is 2. The minimum absolute atomic E-state index is 0.0156. The molecule has 40 heavy (non-hydrogen) atoms. The van der Waals surface area contributed by atoms with Gasteiger partial charge >= 0.3 is 0 Å². The summed E-state index contributed by atoms with van der Waals surface area (Å²) in [5.74, 6) is 0.342. The lowest BCUT2D eigenvalue weighted by atomic mass is 9.74. The van der Waals surface area contributed by atoms with Crippen molar-refractivity contribution < 1.29 is 0 Å². The van der Waals surface area contributed by atoms with E-state index in [2.05, 4.69) is 130 Å². The zero-order chi connectivity index (χ0) is 28.5. The van der Waals surface area contributed by atoms with E-state index in [0.717, 1.165) is 38.8 Å². The standard InChI is InChI=1S/C37H47ClN2/c1-7-24-39-26-29(36(3,4)30-16-9-11-18-32(30)39)22-20-27-14-13-15-28(35(27)38)21-23-34-37(5,6)31-17-10-12-19-33(31)40(34)25-8-2/h9-12,16-23,26-27,35H,7-8,13-15,24-25H2,1-6H3/b22-20+,28-21+,34-23-.